The van der Waals surface area contributed by atoms with Gasteiger partial charge in [0.05, 0.1) is 26.9 Å². The molecule has 244 valence electrons. The summed E-state index contributed by atoms with van der Waals surface area (Å²) in [5.74, 6) is 4.36. The van der Waals surface area contributed by atoms with Crippen molar-refractivity contribution in [2.45, 2.75) is 44.7 Å². The Morgan fingerprint density at radius 1 is 0.723 bits per heavy atom. The molecule has 4 aromatic rings. The first-order valence-electron chi connectivity index (χ1n) is 16.3. The minimum Gasteiger partial charge on any atom is -0.493 e. The van der Waals surface area contributed by atoms with Gasteiger partial charge in [0, 0.05) is 30.7 Å². The molecule has 0 aliphatic carbocycles. The molecular weight excluding hydrogens is 592 g/mol. The van der Waals surface area contributed by atoms with Crippen LogP contribution in [0.15, 0.2) is 60.7 Å². The SMILES string of the molecule is COc1cc2c3cc1Oc1c(OC)c(OC)cc4c1[C@@H](Cc1ccc(C(C)=O)c(c1)Oc1ccc(cc1)C[C@@H]3N(C)CC2)N(C)CC4. The van der Waals surface area contributed by atoms with Gasteiger partial charge in [-0.1, -0.05) is 18.2 Å². The molecule has 0 amide bonds. The number of hydrogen-bond donors (Lipinski definition) is 0. The summed E-state index contributed by atoms with van der Waals surface area (Å²) in [5, 5.41) is 0. The van der Waals surface area contributed by atoms with E-state index in [0.29, 0.717) is 52.2 Å². The Morgan fingerprint density at radius 3 is 2.09 bits per heavy atom. The molecular formula is C39H42N2O6. The number of methoxy groups -OCH3 is 3. The molecule has 0 saturated carbocycles. The molecule has 6 bridgehead atoms. The van der Waals surface area contributed by atoms with E-state index in [2.05, 4.69) is 54.2 Å². The number of carbonyl (C=O) groups excluding carboxylic acids is 1. The van der Waals surface area contributed by atoms with Crippen LogP contribution in [0.25, 0.3) is 0 Å². The highest BCUT2D eigenvalue weighted by Crippen LogP contribution is 2.51. The van der Waals surface area contributed by atoms with Gasteiger partial charge in [-0.15, -0.1) is 0 Å². The maximum atomic E-state index is 12.7. The molecule has 0 unspecified atom stereocenters. The summed E-state index contributed by atoms with van der Waals surface area (Å²) in [4.78, 5) is 17.4. The molecule has 8 nitrogen and oxygen atoms in total. The monoisotopic (exact) mass is 634 g/mol. The third kappa shape index (κ3) is 5.70. The van der Waals surface area contributed by atoms with E-state index in [1.165, 1.54) is 16.7 Å². The number of Topliss-reactive ketones (excluding diaryl/α,β-unsaturated/α-hetero) is 1. The molecule has 0 saturated heterocycles. The van der Waals surface area contributed by atoms with Crippen LogP contribution < -0.4 is 23.7 Å². The summed E-state index contributed by atoms with van der Waals surface area (Å²) in [7, 11) is 9.33. The van der Waals surface area contributed by atoms with E-state index in [4.69, 9.17) is 23.7 Å². The zero-order valence-electron chi connectivity index (χ0n) is 28.0. The average molecular weight is 635 g/mol. The van der Waals surface area contributed by atoms with Gasteiger partial charge in [0.25, 0.3) is 0 Å². The Kier molecular flexibility index (Phi) is 8.32. The number of hydrogen-bond acceptors (Lipinski definition) is 8. The lowest BCUT2D eigenvalue weighted by molar-refractivity contribution is 0.101. The first kappa shape index (κ1) is 31.1. The fourth-order valence-electron chi connectivity index (χ4n) is 7.42. The van der Waals surface area contributed by atoms with Gasteiger partial charge in [0.1, 0.15) is 11.5 Å². The van der Waals surface area contributed by atoms with E-state index in [-0.39, 0.29) is 17.9 Å². The van der Waals surface area contributed by atoms with Gasteiger partial charge in [0.2, 0.25) is 5.75 Å². The zero-order valence-corrected chi connectivity index (χ0v) is 28.0. The van der Waals surface area contributed by atoms with Crippen LogP contribution in [0.3, 0.4) is 0 Å². The Bertz CT molecular complexity index is 1830. The van der Waals surface area contributed by atoms with Crippen LogP contribution >= 0.6 is 0 Å². The zero-order chi connectivity index (χ0) is 32.8. The molecule has 0 fully saturated rings. The maximum absolute atomic E-state index is 12.7. The average Bonchev–Trinajstić information content (AvgIpc) is 3.07. The Balaban J connectivity index is 1.47. The highest BCUT2D eigenvalue weighted by molar-refractivity contribution is 5.97. The van der Waals surface area contributed by atoms with Crippen molar-refractivity contribution >= 4 is 5.78 Å². The largest absolute Gasteiger partial charge is 0.493 e. The molecule has 4 heterocycles. The van der Waals surface area contributed by atoms with Gasteiger partial charge in [-0.3, -0.25) is 14.6 Å². The summed E-state index contributed by atoms with van der Waals surface area (Å²) >= 11 is 0. The van der Waals surface area contributed by atoms with Crippen LogP contribution in [0.5, 0.6) is 40.2 Å². The smallest absolute Gasteiger partial charge is 0.204 e. The molecule has 4 aliphatic rings. The molecule has 0 spiro atoms. The summed E-state index contributed by atoms with van der Waals surface area (Å²) in [6.45, 7) is 3.39. The number of benzene rings is 4. The molecule has 8 heteroatoms. The van der Waals surface area contributed by atoms with E-state index >= 15 is 0 Å². The number of ether oxygens (including phenoxy) is 5. The molecule has 4 aliphatic heterocycles. The summed E-state index contributed by atoms with van der Waals surface area (Å²) in [6.07, 6.45) is 3.23. The third-order valence-electron chi connectivity index (χ3n) is 10.0. The quantitative estimate of drug-likeness (QED) is 0.216. The van der Waals surface area contributed by atoms with Crippen molar-refractivity contribution in [3.8, 4) is 40.2 Å². The van der Waals surface area contributed by atoms with Gasteiger partial charge >= 0.3 is 0 Å². The second kappa shape index (κ2) is 12.6. The Hall–Kier alpha value is -4.53. The van der Waals surface area contributed by atoms with E-state index in [0.717, 1.165) is 49.0 Å². The minimum absolute atomic E-state index is 0.0378. The first-order chi connectivity index (χ1) is 22.8. The number of ketones is 1. The molecule has 0 radical (unpaired) electrons. The Labute approximate surface area is 276 Å². The predicted octanol–water partition coefficient (Wildman–Crippen LogP) is 7.36. The van der Waals surface area contributed by atoms with Crippen LogP contribution in [0, 0.1) is 0 Å². The molecule has 2 atom stereocenters. The standard InChI is InChI=1S/C39H42N2O6/c1-23(42)29-12-9-25-18-32-37-27(14-16-41(32)3)21-36(44-5)38(45-6)39(37)47-35-22-30-26(20-34(35)43-4)13-15-40(2)31(30)17-24-7-10-28(11-8-24)46-33(29)19-25/h7-12,19-22,31-32H,13-18H2,1-6H3/t31-,32+/m0/s1. The molecule has 4 aromatic carbocycles. The molecule has 0 aromatic heterocycles. The lowest BCUT2D eigenvalue weighted by atomic mass is 9.87. The third-order valence-corrected chi connectivity index (χ3v) is 10.0. The number of nitrogens with zero attached hydrogens (tertiary/aromatic N) is 2. The number of likely N-dealkylation sites (N-methyl/N-ethyl adjacent to an activating group) is 2. The fraction of sp³-hybridized carbons (Fsp3) is 0.359. The van der Waals surface area contributed by atoms with Crippen molar-refractivity contribution in [1.82, 2.24) is 9.80 Å². The van der Waals surface area contributed by atoms with Crippen molar-refractivity contribution < 1.29 is 28.5 Å². The van der Waals surface area contributed by atoms with E-state index in [9.17, 15) is 4.79 Å². The summed E-state index contributed by atoms with van der Waals surface area (Å²) in [5.41, 5.74) is 7.49. The van der Waals surface area contributed by atoms with Crippen LogP contribution in [0.4, 0.5) is 0 Å². The van der Waals surface area contributed by atoms with Gasteiger partial charge in [-0.05, 0) is 117 Å². The van der Waals surface area contributed by atoms with Gasteiger partial charge in [-0.2, -0.15) is 0 Å². The number of rotatable bonds is 4. The molecule has 0 N–H and O–H groups in total. The van der Waals surface area contributed by atoms with Crippen molar-refractivity contribution in [1.29, 1.82) is 0 Å². The predicted molar refractivity (Wildman–Crippen MR) is 181 cm³/mol. The van der Waals surface area contributed by atoms with E-state index in [1.807, 2.05) is 30.3 Å². The van der Waals surface area contributed by atoms with Crippen molar-refractivity contribution in [3.63, 3.8) is 0 Å². The minimum atomic E-state index is -0.0507. The topological polar surface area (TPSA) is 69.7 Å². The molecule has 8 rings (SSSR count). The second-order valence-corrected chi connectivity index (χ2v) is 12.9. The Morgan fingerprint density at radius 2 is 1.38 bits per heavy atom. The summed E-state index contributed by atoms with van der Waals surface area (Å²) < 4.78 is 31.3. The number of carbonyl (C=O) groups is 1. The van der Waals surface area contributed by atoms with Gasteiger partial charge in [0.15, 0.2) is 28.8 Å². The maximum Gasteiger partial charge on any atom is 0.204 e. The van der Waals surface area contributed by atoms with Crippen molar-refractivity contribution in [3.05, 3.63) is 99.6 Å². The van der Waals surface area contributed by atoms with Crippen LogP contribution in [-0.4, -0.2) is 64.1 Å². The van der Waals surface area contributed by atoms with Crippen LogP contribution in [0.1, 0.15) is 62.7 Å². The second-order valence-electron chi connectivity index (χ2n) is 12.9. The lowest BCUT2D eigenvalue weighted by Crippen LogP contribution is -2.34. The van der Waals surface area contributed by atoms with Crippen molar-refractivity contribution in [2.24, 2.45) is 0 Å². The van der Waals surface area contributed by atoms with Crippen LogP contribution in [-0.2, 0) is 25.7 Å². The highest BCUT2D eigenvalue weighted by atomic mass is 16.5. The normalized spacial score (nSPS) is 19.0. The van der Waals surface area contributed by atoms with Gasteiger partial charge in [-0.25, -0.2) is 0 Å². The van der Waals surface area contributed by atoms with E-state index in [1.54, 1.807) is 28.3 Å². The van der Waals surface area contributed by atoms with Crippen LogP contribution in [0.2, 0.25) is 0 Å². The van der Waals surface area contributed by atoms with Crippen molar-refractivity contribution in [2.75, 3.05) is 48.5 Å². The highest BCUT2D eigenvalue weighted by Gasteiger charge is 2.34. The van der Waals surface area contributed by atoms with E-state index < -0.39 is 0 Å². The summed E-state index contributed by atoms with van der Waals surface area (Å²) in [6, 6.07) is 20.6. The first-order valence-corrected chi connectivity index (χ1v) is 16.3. The van der Waals surface area contributed by atoms with Gasteiger partial charge < -0.3 is 23.7 Å². The molecule has 47 heavy (non-hydrogen) atoms. The lowest BCUT2D eigenvalue weighted by Gasteiger charge is -2.37. The fourth-order valence-corrected chi connectivity index (χ4v) is 7.42. The number of fused-ring (bicyclic) bond motifs is 2.